The monoisotopic (exact) mass is 333 g/mol. The van der Waals surface area contributed by atoms with Gasteiger partial charge in [0.2, 0.25) is 0 Å². The number of hydrogen-bond acceptors (Lipinski definition) is 3. The van der Waals surface area contributed by atoms with Gasteiger partial charge in [-0.3, -0.25) is 4.79 Å². The van der Waals surface area contributed by atoms with Crippen LogP contribution in [-0.4, -0.2) is 25.2 Å². The Kier molecular flexibility index (Phi) is 6.91. The summed E-state index contributed by atoms with van der Waals surface area (Å²) in [4.78, 5) is 11.9. The summed E-state index contributed by atoms with van der Waals surface area (Å²) in [6, 6.07) is 16.8. The predicted octanol–water partition coefficient (Wildman–Crippen LogP) is 3.44. The summed E-state index contributed by atoms with van der Waals surface area (Å²) in [6.07, 6.45) is -0.578. The molecule has 4 nitrogen and oxygen atoms in total. The largest absolute Gasteiger partial charge is 0.481 e. The van der Waals surface area contributed by atoms with Gasteiger partial charge in [0, 0.05) is 11.6 Å². The Morgan fingerprint density at radius 2 is 1.83 bits per heavy atom. The highest BCUT2D eigenvalue weighted by Gasteiger charge is 2.13. The van der Waals surface area contributed by atoms with Crippen LogP contribution in [0.2, 0.25) is 5.02 Å². The lowest BCUT2D eigenvalue weighted by Gasteiger charge is -2.14. The fourth-order valence-corrected chi connectivity index (χ4v) is 2.05. The molecule has 23 heavy (non-hydrogen) atoms. The van der Waals surface area contributed by atoms with Gasteiger partial charge in [0.1, 0.15) is 5.75 Å². The quantitative estimate of drug-likeness (QED) is 0.753. The van der Waals surface area contributed by atoms with Crippen LogP contribution in [0.25, 0.3) is 0 Å². The van der Waals surface area contributed by atoms with E-state index in [0.29, 0.717) is 30.5 Å². The smallest absolute Gasteiger partial charge is 0.260 e. The first kappa shape index (κ1) is 17.3. The molecular weight excluding hydrogens is 314 g/mol. The Labute approximate surface area is 141 Å². The van der Waals surface area contributed by atoms with Crippen LogP contribution < -0.4 is 10.1 Å². The summed E-state index contributed by atoms with van der Waals surface area (Å²) < 4.78 is 11.1. The molecular formula is C18H20ClNO3. The highest BCUT2D eigenvalue weighted by atomic mass is 35.5. The minimum absolute atomic E-state index is 0.178. The molecule has 0 bridgehead atoms. The first-order valence-corrected chi connectivity index (χ1v) is 7.84. The van der Waals surface area contributed by atoms with Crippen molar-refractivity contribution >= 4 is 17.5 Å². The molecule has 1 N–H and O–H groups in total. The fraction of sp³-hybridized carbons (Fsp3) is 0.278. The zero-order valence-electron chi connectivity index (χ0n) is 13.0. The van der Waals surface area contributed by atoms with E-state index in [0.717, 1.165) is 5.56 Å². The van der Waals surface area contributed by atoms with Gasteiger partial charge in [-0.1, -0.05) is 41.9 Å². The van der Waals surface area contributed by atoms with Crippen LogP contribution in [0.1, 0.15) is 12.5 Å². The average Bonchev–Trinajstić information content (AvgIpc) is 2.57. The molecule has 0 saturated carbocycles. The van der Waals surface area contributed by atoms with Crippen molar-refractivity contribution in [1.29, 1.82) is 0 Å². The Morgan fingerprint density at radius 3 is 2.52 bits per heavy atom. The number of carbonyl (C=O) groups excluding carboxylic acids is 1. The van der Waals surface area contributed by atoms with Gasteiger partial charge in [-0.15, -0.1) is 0 Å². The Balaban J connectivity index is 1.63. The van der Waals surface area contributed by atoms with Crippen molar-refractivity contribution in [3.8, 4) is 5.75 Å². The third-order valence-electron chi connectivity index (χ3n) is 3.15. The van der Waals surface area contributed by atoms with Crippen molar-refractivity contribution < 1.29 is 14.3 Å². The Hall–Kier alpha value is -2.04. The topological polar surface area (TPSA) is 47.6 Å². The number of ether oxygens (including phenoxy) is 2. The molecule has 0 radical (unpaired) electrons. The molecule has 0 saturated heterocycles. The zero-order valence-corrected chi connectivity index (χ0v) is 13.8. The zero-order chi connectivity index (χ0) is 16.5. The van der Waals surface area contributed by atoms with Crippen molar-refractivity contribution in [3.05, 3.63) is 65.2 Å². The highest BCUT2D eigenvalue weighted by molar-refractivity contribution is 6.30. The van der Waals surface area contributed by atoms with E-state index in [4.69, 9.17) is 21.1 Å². The summed E-state index contributed by atoms with van der Waals surface area (Å²) in [5, 5.41) is 3.41. The van der Waals surface area contributed by atoms with E-state index >= 15 is 0 Å². The van der Waals surface area contributed by atoms with Gasteiger partial charge in [-0.05, 0) is 36.8 Å². The maximum Gasteiger partial charge on any atom is 0.260 e. The van der Waals surface area contributed by atoms with Gasteiger partial charge < -0.3 is 14.8 Å². The Bertz CT molecular complexity index is 601. The minimum Gasteiger partial charge on any atom is -0.481 e. The second-order valence-electron chi connectivity index (χ2n) is 5.04. The Morgan fingerprint density at radius 1 is 1.13 bits per heavy atom. The van der Waals surface area contributed by atoms with Crippen LogP contribution in [0.5, 0.6) is 5.75 Å². The normalized spacial score (nSPS) is 11.7. The van der Waals surface area contributed by atoms with Crippen LogP contribution >= 0.6 is 11.6 Å². The van der Waals surface area contributed by atoms with E-state index in [1.165, 1.54) is 0 Å². The van der Waals surface area contributed by atoms with Gasteiger partial charge in [-0.25, -0.2) is 0 Å². The number of nitrogens with one attached hydrogen (secondary N) is 1. The number of benzene rings is 2. The molecule has 0 fully saturated rings. The van der Waals surface area contributed by atoms with Crippen LogP contribution in [-0.2, 0) is 16.1 Å². The van der Waals surface area contributed by atoms with Crippen molar-refractivity contribution in [1.82, 2.24) is 5.32 Å². The predicted molar refractivity (Wildman–Crippen MR) is 90.6 cm³/mol. The molecule has 1 amide bonds. The lowest BCUT2D eigenvalue weighted by Crippen LogP contribution is -2.38. The first-order chi connectivity index (χ1) is 11.1. The fourth-order valence-electron chi connectivity index (χ4n) is 1.93. The van der Waals surface area contributed by atoms with Crippen molar-refractivity contribution in [2.45, 2.75) is 19.6 Å². The molecule has 0 aliphatic heterocycles. The second kappa shape index (κ2) is 9.18. The maximum absolute atomic E-state index is 11.9. The van der Waals surface area contributed by atoms with E-state index in [9.17, 15) is 4.79 Å². The molecule has 1 atom stereocenters. The molecule has 2 aromatic carbocycles. The molecule has 0 heterocycles. The van der Waals surface area contributed by atoms with Crippen LogP contribution in [0.3, 0.4) is 0 Å². The van der Waals surface area contributed by atoms with Gasteiger partial charge in [0.05, 0.1) is 13.2 Å². The van der Waals surface area contributed by atoms with Gasteiger partial charge in [-0.2, -0.15) is 0 Å². The average molecular weight is 334 g/mol. The van der Waals surface area contributed by atoms with Crippen LogP contribution in [0, 0.1) is 0 Å². The minimum atomic E-state index is -0.578. The number of amides is 1. The van der Waals surface area contributed by atoms with Gasteiger partial charge in [0.25, 0.3) is 5.91 Å². The molecule has 0 unspecified atom stereocenters. The van der Waals surface area contributed by atoms with Crippen LogP contribution in [0.4, 0.5) is 0 Å². The molecule has 0 spiro atoms. The van der Waals surface area contributed by atoms with Gasteiger partial charge in [0.15, 0.2) is 6.10 Å². The van der Waals surface area contributed by atoms with Crippen LogP contribution in [0.15, 0.2) is 54.6 Å². The summed E-state index contributed by atoms with van der Waals surface area (Å²) in [5.41, 5.74) is 1.11. The van der Waals surface area contributed by atoms with E-state index in [2.05, 4.69) is 5.32 Å². The molecule has 0 aromatic heterocycles. The number of halogens is 1. The summed E-state index contributed by atoms with van der Waals surface area (Å²) in [5.74, 6) is 0.431. The molecule has 0 aliphatic carbocycles. The number of hydrogen-bond donors (Lipinski definition) is 1. The number of carbonyl (C=O) groups is 1. The summed E-state index contributed by atoms with van der Waals surface area (Å²) in [6.45, 7) is 3.14. The van der Waals surface area contributed by atoms with E-state index in [1.54, 1.807) is 31.2 Å². The van der Waals surface area contributed by atoms with Crippen molar-refractivity contribution in [2.24, 2.45) is 0 Å². The van der Waals surface area contributed by atoms with E-state index in [1.807, 2.05) is 30.3 Å². The van der Waals surface area contributed by atoms with Crippen molar-refractivity contribution in [2.75, 3.05) is 13.2 Å². The van der Waals surface area contributed by atoms with Crippen molar-refractivity contribution in [3.63, 3.8) is 0 Å². The van der Waals surface area contributed by atoms with E-state index in [-0.39, 0.29) is 5.91 Å². The maximum atomic E-state index is 11.9. The third kappa shape index (κ3) is 6.30. The molecule has 2 aromatic rings. The number of rotatable bonds is 8. The lowest BCUT2D eigenvalue weighted by molar-refractivity contribution is -0.127. The molecule has 2 rings (SSSR count). The summed E-state index contributed by atoms with van der Waals surface area (Å²) >= 11 is 5.80. The SMILES string of the molecule is C[C@@H](Oc1ccc(Cl)cc1)C(=O)NCCOCc1ccccc1. The summed E-state index contributed by atoms with van der Waals surface area (Å²) in [7, 11) is 0. The van der Waals surface area contributed by atoms with E-state index < -0.39 is 6.10 Å². The van der Waals surface area contributed by atoms with Gasteiger partial charge >= 0.3 is 0 Å². The highest BCUT2D eigenvalue weighted by Crippen LogP contribution is 2.16. The third-order valence-corrected chi connectivity index (χ3v) is 3.40. The second-order valence-corrected chi connectivity index (χ2v) is 5.48. The first-order valence-electron chi connectivity index (χ1n) is 7.47. The standard InChI is InChI=1S/C18H20ClNO3/c1-14(23-17-9-7-16(19)8-10-17)18(21)20-11-12-22-13-15-5-3-2-4-6-15/h2-10,14H,11-13H2,1H3,(H,20,21)/t14-/m1/s1. The molecule has 5 heteroatoms. The lowest BCUT2D eigenvalue weighted by atomic mass is 10.2. The molecule has 122 valence electrons. The molecule has 0 aliphatic rings.